The molecule has 0 aliphatic rings. The maximum atomic E-state index is 14.9. The van der Waals surface area contributed by atoms with Gasteiger partial charge in [-0.15, -0.1) is 0 Å². The topological polar surface area (TPSA) is 118 Å². The maximum Gasteiger partial charge on any atom is 0.292 e. The third-order valence-corrected chi connectivity index (χ3v) is 5.51. The zero-order valence-electron chi connectivity index (χ0n) is 19.9. The van der Waals surface area contributed by atoms with Crippen LogP contribution in [0.1, 0.15) is 54.8 Å². The van der Waals surface area contributed by atoms with Gasteiger partial charge in [0.15, 0.2) is 0 Å². The van der Waals surface area contributed by atoms with Gasteiger partial charge in [-0.3, -0.25) is 4.79 Å². The number of aryl methyl sites for hydroxylation is 1. The molecule has 0 aliphatic carbocycles. The highest BCUT2D eigenvalue weighted by atomic mass is 19.3. The van der Waals surface area contributed by atoms with Crippen molar-refractivity contribution < 1.29 is 27.6 Å². The fourth-order valence-corrected chi connectivity index (χ4v) is 3.46. The van der Waals surface area contributed by atoms with E-state index in [4.69, 9.17) is 9.63 Å². The van der Waals surface area contributed by atoms with Crippen molar-refractivity contribution in [3.8, 4) is 11.3 Å². The molecular weight excluding hydrogens is 477 g/mol. The van der Waals surface area contributed by atoms with Crippen LogP contribution in [-0.4, -0.2) is 48.3 Å². The summed E-state index contributed by atoms with van der Waals surface area (Å²) in [4.78, 5) is 20.7. The van der Waals surface area contributed by atoms with Gasteiger partial charge in [-0.1, -0.05) is 38.1 Å². The summed E-state index contributed by atoms with van der Waals surface area (Å²) in [6.45, 7) is 4.29. The summed E-state index contributed by atoms with van der Waals surface area (Å²) in [5.41, 5.74) is 1.80. The lowest BCUT2D eigenvalue weighted by molar-refractivity contribution is -0.0558. The molecule has 36 heavy (non-hydrogen) atoms. The second-order valence-electron chi connectivity index (χ2n) is 9.46. The minimum absolute atomic E-state index is 0.0288. The van der Waals surface area contributed by atoms with Gasteiger partial charge in [-0.25, -0.2) is 22.7 Å². The maximum absolute atomic E-state index is 14.9. The van der Waals surface area contributed by atoms with Crippen molar-refractivity contribution in [2.24, 2.45) is 0 Å². The van der Waals surface area contributed by atoms with Gasteiger partial charge in [0.25, 0.3) is 17.7 Å². The van der Waals surface area contributed by atoms with E-state index in [2.05, 4.69) is 25.5 Å². The Balaban J connectivity index is 1.49. The van der Waals surface area contributed by atoms with Crippen LogP contribution >= 0.6 is 0 Å². The van der Waals surface area contributed by atoms with Crippen LogP contribution in [-0.2, 0) is 18.4 Å². The number of fused-ring (bicyclic) bond motifs is 1. The Morgan fingerprint density at radius 2 is 2.00 bits per heavy atom. The number of alkyl halides is 2. The molecule has 0 atom stereocenters. The first-order valence-electron chi connectivity index (χ1n) is 11.2. The number of nitrogens with one attached hydrogen (secondary N) is 1. The number of carbonyl (C=O) groups excluding carboxylic acids is 1. The molecule has 9 nitrogen and oxygen atoms in total. The number of benzene rings is 1. The minimum atomic E-state index is -3.17. The molecular formula is C24H25F3N6O3. The lowest BCUT2D eigenvalue weighted by Crippen LogP contribution is -2.24. The van der Waals surface area contributed by atoms with Crippen molar-refractivity contribution in [1.82, 2.24) is 30.1 Å². The lowest BCUT2D eigenvalue weighted by Gasteiger charge is -2.11. The number of halogens is 3. The van der Waals surface area contributed by atoms with Gasteiger partial charge < -0.3 is 14.9 Å². The summed E-state index contributed by atoms with van der Waals surface area (Å²) in [6, 6.07) is 6.10. The normalized spacial score (nSPS) is 12.3. The molecule has 190 valence electrons. The van der Waals surface area contributed by atoms with Crippen molar-refractivity contribution in [1.29, 1.82) is 0 Å². The van der Waals surface area contributed by atoms with Crippen LogP contribution in [0.5, 0.6) is 0 Å². The fraction of sp³-hybridized carbons (Fsp3) is 0.375. The number of aliphatic hydroxyl groups is 1. The first-order chi connectivity index (χ1) is 17.0. The Hall–Kier alpha value is -3.80. The molecule has 2 N–H and O–H groups in total. The van der Waals surface area contributed by atoms with Crippen LogP contribution in [0.25, 0.3) is 16.8 Å². The summed E-state index contributed by atoms with van der Waals surface area (Å²) < 4.78 is 48.3. The van der Waals surface area contributed by atoms with Gasteiger partial charge in [0.05, 0.1) is 11.2 Å². The first kappa shape index (κ1) is 25.3. The minimum Gasteiger partial charge on any atom is -0.390 e. The number of amides is 1. The molecule has 3 aromatic heterocycles. The van der Waals surface area contributed by atoms with E-state index in [1.807, 2.05) is 20.8 Å². The van der Waals surface area contributed by atoms with Crippen molar-refractivity contribution in [2.75, 3.05) is 6.61 Å². The predicted octanol–water partition coefficient (Wildman–Crippen LogP) is 3.71. The summed E-state index contributed by atoms with van der Waals surface area (Å²) in [7, 11) is 0. The molecule has 0 unspecified atom stereocenters. The van der Waals surface area contributed by atoms with Gasteiger partial charge in [0.1, 0.15) is 18.8 Å². The number of aliphatic hydroxyl groups excluding tert-OH is 1. The fourth-order valence-electron chi connectivity index (χ4n) is 3.46. The number of carbonyl (C=O) groups is 1. The highest BCUT2D eigenvalue weighted by molar-refractivity contribution is 5.90. The quantitative estimate of drug-likeness (QED) is 0.377. The number of hydrogen-bond acceptors (Lipinski definition) is 7. The van der Waals surface area contributed by atoms with E-state index in [1.165, 1.54) is 23.0 Å². The standard InChI is InChI=1S/C24H25F3N6O3/c1-23(2,3)22-31-20(32-36-22)21(35)28-10-16-5-4-15(9-17(16)25)19-18-8-14(6-7-24(26,27)12-34)11-33(18)30-13-29-19/h4-5,8-9,11,13,34H,6-7,10,12H2,1-3H3,(H,28,35). The van der Waals surface area contributed by atoms with E-state index in [1.54, 1.807) is 18.3 Å². The van der Waals surface area contributed by atoms with E-state index in [0.29, 0.717) is 28.2 Å². The SMILES string of the molecule is CC(C)(C)c1nc(C(=O)NCc2ccc(-c3ncnn4cc(CCC(F)(F)CO)cc34)cc2F)no1. The number of hydrogen-bond donors (Lipinski definition) is 2. The van der Waals surface area contributed by atoms with Crippen LogP contribution in [0.4, 0.5) is 13.2 Å². The molecule has 4 aromatic rings. The smallest absolute Gasteiger partial charge is 0.292 e. The van der Waals surface area contributed by atoms with Gasteiger partial charge in [0.2, 0.25) is 5.89 Å². The van der Waals surface area contributed by atoms with Crippen LogP contribution in [0.3, 0.4) is 0 Å². The van der Waals surface area contributed by atoms with Gasteiger partial charge in [-0.2, -0.15) is 10.1 Å². The Kier molecular flexibility index (Phi) is 6.81. The van der Waals surface area contributed by atoms with E-state index < -0.39 is 36.1 Å². The molecule has 1 amide bonds. The van der Waals surface area contributed by atoms with E-state index in [-0.39, 0.29) is 24.4 Å². The van der Waals surface area contributed by atoms with Crippen LogP contribution in [0.2, 0.25) is 0 Å². The monoisotopic (exact) mass is 502 g/mol. The van der Waals surface area contributed by atoms with Crippen molar-refractivity contribution in [3.63, 3.8) is 0 Å². The van der Waals surface area contributed by atoms with Gasteiger partial charge >= 0.3 is 0 Å². The molecule has 0 saturated heterocycles. The second-order valence-corrected chi connectivity index (χ2v) is 9.46. The molecule has 0 saturated carbocycles. The molecule has 0 radical (unpaired) electrons. The van der Waals surface area contributed by atoms with Crippen LogP contribution in [0, 0.1) is 5.82 Å². The summed E-state index contributed by atoms with van der Waals surface area (Å²) in [5.74, 6) is -4.16. The number of nitrogens with zero attached hydrogens (tertiary/aromatic N) is 5. The molecule has 3 heterocycles. The predicted molar refractivity (Wildman–Crippen MR) is 123 cm³/mol. The molecule has 4 rings (SSSR count). The molecule has 0 fully saturated rings. The third kappa shape index (κ3) is 5.54. The molecule has 0 spiro atoms. The highest BCUT2D eigenvalue weighted by Crippen LogP contribution is 2.27. The molecule has 0 aliphatic heterocycles. The average Bonchev–Trinajstić information content (AvgIpc) is 3.49. The van der Waals surface area contributed by atoms with Crippen LogP contribution in [0.15, 0.2) is 41.3 Å². The molecule has 0 bridgehead atoms. The van der Waals surface area contributed by atoms with Gasteiger partial charge in [0, 0.05) is 35.7 Å². The van der Waals surface area contributed by atoms with Crippen molar-refractivity contribution in [2.45, 2.75) is 51.5 Å². The van der Waals surface area contributed by atoms with Crippen molar-refractivity contribution in [3.05, 3.63) is 65.4 Å². The van der Waals surface area contributed by atoms with E-state index in [9.17, 15) is 18.0 Å². The summed E-state index contributed by atoms with van der Waals surface area (Å²) in [5, 5.41) is 19.1. The Morgan fingerprint density at radius 1 is 1.22 bits per heavy atom. The van der Waals surface area contributed by atoms with E-state index in [0.717, 1.165) is 0 Å². The third-order valence-electron chi connectivity index (χ3n) is 5.51. The highest BCUT2D eigenvalue weighted by Gasteiger charge is 2.27. The molecule has 12 heteroatoms. The second kappa shape index (κ2) is 9.69. The zero-order valence-corrected chi connectivity index (χ0v) is 19.9. The largest absolute Gasteiger partial charge is 0.390 e. The molecule has 1 aromatic carbocycles. The Morgan fingerprint density at radius 3 is 2.67 bits per heavy atom. The number of aromatic nitrogens is 5. The van der Waals surface area contributed by atoms with Crippen LogP contribution < -0.4 is 5.32 Å². The van der Waals surface area contributed by atoms with E-state index >= 15 is 0 Å². The number of rotatable bonds is 8. The summed E-state index contributed by atoms with van der Waals surface area (Å²) >= 11 is 0. The zero-order chi connectivity index (χ0) is 26.1. The summed E-state index contributed by atoms with van der Waals surface area (Å²) in [6.07, 6.45) is 2.40. The van der Waals surface area contributed by atoms with Gasteiger partial charge in [-0.05, 0) is 24.1 Å². The Bertz CT molecular complexity index is 1390. The average molecular weight is 502 g/mol. The first-order valence-corrected chi connectivity index (χ1v) is 11.2. The van der Waals surface area contributed by atoms with Crippen molar-refractivity contribution >= 4 is 11.4 Å². The lowest BCUT2D eigenvalue weighted by atomic mass is 9.97. The Labute approximate surface area is 204 Å².